The molecule has 0 bridgehead atoms. The fourth-order valence-corrected chi connectivity index (χ4v) is 3.03. The number of hydrogen-bond acceptors (Lipinski definition) is 3. The third-order valence-corrected chi connectivity index (χ3v) is 3.94. The lowest BCUT2D eigenvalue weighted by molar-refractivity contribution is -0.131. The number of amides is 2. The van der Waals surface area contributed by atoms with Gasteiger partial charge in [0.15, 0.2) is 0 Å². The van der Waals surface area contributed by atoms with Crippen molar-refractivity contribution in [2.45, 2.75) is 39.0 Å². The Kier molecular flexibility index (Phi) is 3.50. The number of ether oxygens (including phenoxy) is 1. The number of fused-ring (bicyclic) bond motifs is 1. The van der Waals surface area contributed by atoms with E-state index in [0.717, 1.165) is 25.7 Å². The molecule has 4 nitrogen and oxygen atoms in total. The summed E-state index contributed by atoms with van der Waals surface area (Å²) in [5.74, 6) is -0.296. The first-order chi connectivity index (χ1) is 8.20. The molecule has 2 amide bonds. The molecule has 1 saturated heterocycles. The minimum atomic E-state index is -0.489. The molecule has 1 aliphatic carbocycles. The SMILES string of the molecule is CC=COCCC12CCCCC1C(=O)NC2=O. The van der Waals surface area contributed by atoms with Crippen LogP contribution >= 0.6 is 0 Å². The summed E-state index contributed by atoms with van der Waals surface area (Å²) >= 11 is 0. The average Bonchev–Trinajstić information content (AvgIpc) is 2.58. The summed E-state index contributed by atoms with van der Waals surface area (Å²) in [6, 6.07) is 0. The van der Waals surface area contributed by atoms with Gasteiger partial charge in [0, 0.05) is 0 Å². The van der Waals surface area contributed by atoms with Gasteiger partial charge in [0.1, 0.15) is 0 Å². The van der Waals surface area contributed by atoms with Crippen LogP contribution in [0.25, 0.3) is 0 Å². The molecule has 0 spiro atoms. The third kappa shape index (κ3) is 2.08. The highest BCUT2D eigenvalue weighted by atomic mass is 16.5. The zero-order chi connectivity index (χ0) is 12.3. The topological polar surface area (TPSA) is 55.4 Å². The highest BCUT2D eigenvalue weighted by Gasteiger charge is 2.55. The zero-order valence-corrected chi connectivity index (χ0v) is 10.2. The van der Waals surface area contributed by atoms with Crippen LogP contribution in [-0.2, 0) is 14.3 Å². The highest BCUT2D eigenvalue weighted by Crippen LogP contribution is 2.47. The van der Waals surface area contributed by atoms with E-state index in [1.165, 1.54) is 0 Å². The van der Waals surface area contributed by atoms with E-state index in [9.17, 15) is 9.59 Å². The zero-order valence-electron chi connectivity index (χ0n) is 10.2. The van der Waals surface area contributed by atoms with Crippen LogP contribution in [-0.4, -0.2) is 18.4 Å². The second-order valence-electron chi connectivity index (χ2n) is 4.86. The van der Waals surface area contributed by atoms with E-state index in [0.29, 0.717) is 13.0 Å². The molecule has 1 saturated carbocycles. The molecule has 0 aromatic carbocycles. The highest BCUT2D eigenvalue weighted by molar-refractivity contribution is 6.07. The van der Waals surface area contributed by atoms with Crippen LogP contribution in [0.15, 0.2) is 12.3 Å². The number of carbonyl (C=O) groups excluding carboxylic acids is 2. The van der Waals surface area contributed by atoms with E-state index < -0.39 is 5.41 Å². The van der Waals surface area contributed by atoms with Crippen LogP contribution in [0.1, 0.15) is 39.0 Å². The van der Waals surface area contributed by atoms with E-state index in [1.54, 1.807) is 6.26 Å². The minimum absolute atomic E-state index is 0.0827. The quantitative estimate of drug-likeness (QED) is 0.460. The van der Waals surface area contributed by atoms with Gasteiger partial charge in [-0.1, -0.05) is 18.9 Å². The van der Waals surface area contributed by atoms with Crippen molar-refractivity contribution in [1.29, 1.82) is 0 Å². The van der Waals surface area contributed by atoms with E-state index in [-0.39, 0.29) is 17.7 Å². The average molecular weight is 237 g/mol. The first-order valence-corrected chi connectivity index (χ1v) is 6.29. The lowest BCUT2D eigenvalue weighted by Crippen LogP contribution is -2.38. The summed E-state index contributed by atoms with van der Waals surface area (Å²) in [5, 5.41) is 2.49. The van der Waals surface area contributed by atoms with Gasteiger partial charge < -0.3 is 4.74 Å². The van der Waals surface area contributed by atoms with Crippen LogP contribution in [0.5, 0.6) is 0 Å². The molecule has 94 valence electrons. The number of hydrogen-bond donors (Lipinski definition) is 1. The van der Waals surface area contributed by atoms with Gasteiger partial charge in [0.25, 0.3) is 0 Å². The minimum Gasteiger partial charge on any atom is -0.502 e. The van der Waals surface area contributed by atoms with Gasteiger partial charge in [-0.05, 0) is 26.2 Å². The fourth-order valence-electron chi connectivity index (χ4n) is 3.03. The normalized spacial score (nSPS) is 32.6. The van der Waals surface area contributed by atoms with E-state index in [1.807, 2.05) is 13.0 Å². The molecule has 17 heavy (non-hydrogen) atoms. The number of nitrogens with one attached hydrogen (secondary N) is 1. The van der Waals surface area contributed by atoms with E-state index in [4.69, 9.17) is 4.74 Å². The molecular weight excluding hydrogens is 218 g/mol. The third-order valence-electron chi connectivity index (χ3n) is 3.94. The largest absolute Gasteiger partial charge is 0.502 e. The van der Waals surface area contributed by atoms with Crippen molar-refractivity contribution in [2.24, 2.45) is 11.3 Å². The molecule has 2 fully saturated rings. The maximum absolute atomic E-state index is 12.0. The predicted molar refractivity (Wildman–Crippen MR) is 62.9 cm³/mol. The summed E-state index contributed by atoms with van der Waals surface area (Å²) in [5.41, 5.74) is -0.489. The van der Waals surface area contributed by atoms with Crippen LogP contribution < -0.4 is 5.32 Å². The lowest BCUT2D eigenvalue weighted by atomic mass is 9.66. The molecule has 2 atom stereocenters. The van der Waals surface area contributed by atoms with Crippen LogP contribution in [0.2, 0.25) is 0 Å². The van der Waals surface area contributed by atoms with E-state index >= 15 is 0 Å². The van der Waals surface area contributed by atoms with Gasteiger partial charge in [0.05, 0.1) is 24.2 Å². The van der Waals surface area contributed by atoms with Gasteiger partial charge >= 0.3 is 0 Å². The van der Waals surface area contributed by atoms with Crippen LogP contribution in [0, 0.1) is 11.3 Å². The fraction of sp³-hybridized carbons (Fsp3) is 0.692. The van der Waals surface area contributed by atoms with Gasteiger partial charge in [-0.25, -0.2) is 0 Å². The Morgan fingerprint density at radius 2 is 2.29 bits per heavy atom. The van der Waals surface area contributed by atoms with Gasteiger partial charge in [-0.3, -0.25) is 14.9 Å². The van der Waals surface area contributed by atoms with Crippen molar-refractivity contribution in [3.8, 4) is 0 Å². The first-order valence-electron chi connectivity index (χ1n) is 6.29. The van der Waals surface area contributed by atoms with Crippen LogP contribution in [0.3, 0.4) is 0 Å². The van der Waals surface area contributed by atoms with Gasteiger partial charge in [-0.15, -0.1) is 0 Å². The monoisotopic (exact) mass is 237 g/mol. The molecule has 0 aromatic rings. The number of allylic oxidation sites excluding steroid dienone is 1. The molecule has 1 aliphatic heterocycles. The Bertz CT molecular complexity index is 351. The molecule has 2 aliphatic rings. The Morgan fingerprint density at radius 1 is 1.47 bits per heavy atom. The summed E-state index contributed by atoms with van der Waals surface area (Å²) in [6.45, 7) is 2.38. The molecule has 0 aromatic heterocycles. The first kappa shape index (κ1) is 12.1. The molecule has 2 unspecified atom stereocenters. The molecule has 4 heteroatoms. The molecule has 1 heterocycles. The van der Waals surface area contributed by atoms with Crippen molar-refractivity contribution in [3.05, 3.63) is 12.3 Å². The molecular formula is C13H19NO3. The van der Waals surface area contributed by atoms with Crippen molar-refractivity contribution < 1.29 is 14.3 Å². The van der Waals surface area contributed by atoms with Crippen molar-refractivity contribution >= 4 is 11.8 Å². The Hall–Kier alpha value is -1.32. The second-order valence-corrected chi connectivity index (χ2v) is 4.86. The standard InChI is InChI=1S/C13H19NO3/c1-2-8-17-9-7-13-6-4-3-5-10(13)11(15)14-12(13)16/h2,8,10H,3-7,9H2,1H3,(H,14,15,16). The van der Waals surface area contributed by atoms with Gasteiger partial charge in [0.2, 0.25) is 11.8 Å². The predicted octanol–water partition coefficient (Wildman–Crippen LogP) is 1.76. The number of rotatable bonds is 4. The van der Waals surface area contributed by atoms with Crippen molar-refractivity contribution in [3.63, 3.8) is 0 Å². The summed E-state index contributed by atoms with van der Waals surface area (Å²) in [6.07, 6.45) is 7.80. The molecule has 1 N–H and O–H groups in total. The summed E-state index contributed by atoms with van der Waals surface area (Å²) in [7, 11) is 0. The maximum atomic E-state index is 12.0. The molecule has 0 radical (unpaired) electrons. The van der Waals surface area contributed by atoms with Gasteiger partial charge in [-0.2, -0.15) is 0 Å². The smallest absolute Gasteiger partial charge is 0.233 e. The van der Waals surface area contributed by atoms with E-state index in [2.05, 4.69) is 5.32 Å². The Morgan fingerprint density at radius 3 is 3.06 bits per heavy atom. The molecule has 2 rings (SSSR count). The lowest BCUT2D eigenvalue weighted by Gasteiger charge is -2.34. The second kappa shape index (κ2) is 4.90. The van der Waals surface area contributed by atoms with Crippen molar-refractivity contribution in [2.75, 3.05) is 6.61 Å². The van der Waals surface area contributed by atoms with Crippen LogP contribution in [0.4, 0.5) is 0 Å². The summed E-state index contributed by atoms with van der Waals surface area (Å²) < 4.78 is 5.30. The maximum Gasteiger partial charge on any atom is 0.233 e. The Balaban J connectivity index is 2.07. The summed E-state index contributed by atoms with van der Waals surface area (Å²) in [4.78, 5) is 23.7. The Labute approximate surface area is 101 Å². The van der Waals surface area contributed by atoms with Crippen molar-refractivity contribution in [1.82, 2.24) is 5.32 Å². The number of imide groups is 1. The number of carbonyl (C=O) groups is 2.